The smallest absolute Gasteiger partial charge is 0.373 e. The third-order valence-corrected chi connectivity index (χ3v) is 11.0. The van der Waals surface area contributed by atoms with Crippen molar-refractivity contribution >= 4 is 25.3 Å². The first kappa shape index (κ1) is 24.2. The predicted molar refractivity (Wildman–Crippen MR) is 131 cm³/mol. The van der Waals surface area contributed by atoms with Crippen LogP contribution in [-0.4, -0.2) is 28.5 Å². The highest BCUT2D eigenvalue weighted by Crippen LogP contribution is 2.43. The summed E-state index contributed by atoms with van der Waals surface area (Å²) in [4.78, 5) is 11.9. The number of fused-ring (bicyclic) bond motifs is 3. The van der Waals surface area contributed by atoms with E-state index in [4.69, 9.17) is 18.3 Å². The summed E-state index contributed by atoms with van der Waals surface area (Å²) in [6.45, 7) is 13.2. The van der Waals surface area contributed by atoms with E-state index in [1.54, 1.807) is 6.08 Å². The lowest BCUT2D eigenvalue weighted by Gasteiger charge is -2.36. The summed E-state index contributed by atoms with van der Waals surface area (Å²) < 4.78 is 22.8. The van der Waals surface area contributed by atoms with Crippen LogP contribution in [0.4, 0.5) is 0 Å². The fourth-order valence-electron chi connectivity index (χ4n) is 3.92. The van der Waals surface area contributed by atoms with E-state index < -0.39 is 14.3 Å². The Bertz CT molecular complexity index is 1050. The Morgan fingerprint density at radius 3 is 2.53 bits per heavy atom. The van der Waals surface area contributed by atoms with E-state index in [2.05, 4.69) is 46.0 Å². The van der Waals surface area contributed by atoms with Crippen LogP contribution in [0, 0.1) is 0 Å². The number of furan rings is 1. The second-order valence-electron chi connectivity index (χ2n) is 10.1. The number of carbonyl (C=O) groups is 1. The van der Waals surface area contributed by atoms with Gasteiger partial charge >= 0.3 is 5.97 Å². The van der Waals surface area contributed by atoms with Crippen molar-refractivity contribution in [1.82, 2.24) is 0 Å². The Labute approximate surface area is 192 Å². The minimum absolute atomic E-state index is 0.130. The highest BCUT2D eigenvalue weighted by Gasteiger charge is 2.39. The normalized spacial score (nSPS) is 17.8. The Kier molecular flexibility index (Phi) is 6.93. The molecule has 0 fully saturated rings. The highest BCUT2D eigenvalue weighted by atomic mass is 28.4. The Balaban J connectivity index is 2.00. The van der Waals surface area contributed by atoms with Crippen molar-refractivity contribution in [2.75, 3.05) is 14.2 Å². The van der Waals surface area contributed by atoms with Crippen LogP contribution in [0.2, 0.25) is 18.1 Å². The van der Waals surface area contributed by atoms with Gasteiger partial charge in [0.25, 0.3) is 0 Å². The van der Waals surface area contributed by atoms with Crippen molar-refractivity contribution in [3.05, 3.63) is 53.0 Å². The molecule has 1 aliphatic rings. The van der Waals surface area contributed by atoms with Gasteiger partial charge in [-0.2, -0.15) is 0 Å². The number of allylic oxidation sites excluding steroid dienone is 3. The molecule has 0 unspecified atom stereocenters. The number of methoxy groups -OCH3 is 2. The molecule has 1 aliphatic carbocycles. The molecule has 5 nitrogen and oxygen atoms in total. The van der Waals surface area contributed by atoms with Gasteiger partial charge in [0.15, 0.2) is 0 Å². The number of rotatable bonds is 6. The monoisotopic (exact) mass is 456 g/mol. The van der Waals surface area contributed by atoms with E-state index in [-0.39, 0.29) is 16.7 Å². The molecular formula is C26H36O5Si. The van der Waals surface area contributed by atoms with Crippen LogP contribution in [0.5, 0.6) is 5.75 Å². The Morgan fingerprint density at radius 1 is 1.19 bits per heavy atom. The van der Waals surface area contributed by atoms with Crippen molar-refractivity contribution in [2.24, 2.45) is 0 Å². The lowest BCUT2D eigenvalue weighted by molar-refractivity contribution is -0.139. The van der Waals surface area contributed by atoms with Crippen molar-refractivity contribution in [1.29, 1.82) is 0 Å². The lowest BCUT2D eigenvalue weighted by Crippen LogP contribution is -2.43. The average Bonchev–Trinajstić information content (AvgIpc) is 3.09. The van der Waals surface area contributed by atoms with E-state index in [0.717, 1.165) is 47.3 Å². The molecule has 0 N–H and O–H groups in total. The van der Waals surface area contributed by atoms with Gasteiger partial charge in [-0.05, 0) is 62.2 Å². The summed E-state index contributed by atoms with van der Waals surface area (Å²) in [6.07, 6.45) is 6.95. The van der Waals surface area contributed by atoms with Crippen LogP contribution >= 0.6 is 0 Å². The number of ether oxygens (including phenoxy) is 2. The largest absolute Gasteiger partial charge is 0.543 e. The maximum Gasteiger partial charge on any atom is 0.373 e. The molecule has 0 amide bonds. The van der Waals surface area contributed by atoms with Crippen LogP contribution in [-0.2, 0) is 20.7 Å². The van der Waals surface area contributed by atoms with Gasteiger partial charge in [-0.25, -0.2) is 4.79 Å². The van der Waals surface area contributed by atoms with Gasteiger partial charge in [-0.15, -0.1) is 0 Å². The molecule has 1 aromatic carbocycles. The predicted octanol–water partition coefficient (Wildman–Crippen LogP) is 6.89. The summed E-state index contributed by atoms with van der Waals surface area (Å²) in [5, 5.41) is 1.25. The van der Waals surface area contributed by atoms with Crippen LogP contribution in [0.15, 0.2) is 46.1 Å². The maximum absolute atomic E-state index is 11.9. The van der Waals surface area contributed by atoms with E-state index in [0.29, 0.717) is 0 Å². The standard InChI is InChI=1S/C26H36O5Si/c1-17(15-23(28-5)25(27)29-6)14-18-10-9-11-22-24(18)20-16-19(12-13-21(20)30-22)31-32(7,8)26(2,3)4/h12-16,18H,9-11H2,1-8H3/b17-14+,23-15-/t18-/m1/s1. The number of hydrogen-bond donors (Lipinski definition) is 0. The molecule has 174 valence electrons. The van der Waals surface area contributed by atoms with E-state index >= 15 is 0 Å². The van der Waals surface area contributed by atoms with Gasteiger partial charge in [-0.3, -0.25) is 0 Å². The SMILES string of the molecule is COC(=O)/C(=C/C(C)=C/[C@H]1CCCc2oc3ccc(O[Si](C)(C)C(C)(C)C)cc3c21)OC. The summed E-state index contributed by atoms with van der Waals surface area (Å²) in [7, 11) is 0.888. The van der Waals surface area contributed by atoms with Crippen LogP contribution in [0.25, 0.3) is 11.0 Å². The first-order chi connectivity index (χ1) is 15.0. The fraction of sp³-hybridized carbons (Fsp3) is 0.500. The molecule has 6 heteroatoms. The number of aryl methyl sites for hydroxylation is 1. The first-order valence-electron chi connectivity index (χ1n) is 11.2. The first-order valence-corrected chi connectivity index (χ1v) is 14.1. The zero-order valence-electron chi connectivity index (χ0n) is 20.6. The molecule has 0 saturated carbocycles. The summed E-state index contributed by atoms with van der Waals surface area (Å²) >= 11 is 0. The third-order valence-electron chi connectivity index (χ3n) is 6.67. The highest BCUT2D eigenvalue weighted by molar-refractivity contribution is 6.74. The van der Waals surface area contributed by atoms with Gasteiger partial charge in [0, 0.05) is 23.3 Å². The summed E-state index contributed by atoms with van der Waals surface area (Å²) in [5.41, 5.74) is 3.09. The molecule has 0 aliphatic heterocycles. The molecule has 32 heavy (non-hydrogen) atoms. The molecule has 0 radical (unpaired) electrons. The molecular weight excluding hydrogens is 420 g/mol. The number of esters is 1. The minimum atomic E-state index is -1.94. The average molecular weight is 457 g/mol. The van der Waals surface area contributed by atoms with Gasteiger partial charge in [0.1, 0.15) is 17.1 Å². The summed E-state index contributed by atoms with van der Waals surface area (Å²) in [5.74, 6) is 1.87. The number of benzene rings is 1. The van der Waals surface area contributed by atoms with E-state index in [1.807, 2.05) is 19.1 Å². The van der Waals surface area contributed by atoms with Crippen LogP contribution in [0.1, 0.15) is 57.8 Å². The van der Waals surface area contributed by atoms with Gasteiger partial charge in [0.2, 0.25) is 14.1 Å². The fourth-order valence-corrected chi connectivity index (χ4v) is 4.94. The summed E-state index contributed by atoms with van der Waals surface area (Å²) in [6, 6.07) is 6.20. The second-order valence-corrected chi connectivity index (χ2v) is 14.8. The maximum atomic E-state index is 11.9. The van der Waals surface area contributed by atoms with Crippen molar-refractivity contribution in [3.8, 4) is 5.75 Å². The number of hydrogen-bond acceptors (Lipinski definition) is 5. The molecule has 1 aromatic heterocycles. The number of carbonyl (C=O) groups excluding carboxylic acids is 1. The molecule has 0 spiro atoms. The van der Waals surface area contributed by atoms with E-state index in [1.165, 1.54) is 19.8 Å². The van der Waals surface area contributed by atoms with Crippen molar-refractivity contribution in [3.63, 3.8) is 0 Å². The molecule has 0 saturated heterocycles. The van der Waals surface area contributed by atoms with Gasteiger partial charge < -0.3 is 18.3 Å². The van der Waals surface area contributed by atoms with Crippen LogP contribution in [0.3, 0.4) is 0 Å². The van der Waals surface area contributed by atoms with Gasteiger partial charge in [-0.1, -0.05) is 32.4 Å². The Morgan fingerprint density at radius 2 is 1.91 bits per heavy atom. The van der Waals surface area contributed by atoms with Gasteiger partial charge in [0.05, 0.1) is 14.2 Å². The topological polar surface area (TPSA) is 57.9 Å². The zero-order valence-corrected chi connectivity index (χ0v) is 21.6. The van der Waals surface area contributed by atoms with Crippen LogP contribution < -0.4 is 4.43 Å². The molecule has 1 atom stereocenters. The van der Waals surface area contributed by atoms with E-state index in [9.17, 15) is 4.79 Å². The third kappa shape index (κ3) is 4.95. The quantitative estimate of drug-likeness (QED) is 0.156. The van der Waals surface area contributed by atoms with Crippen molar-refractivity contribution in [2.45, 2.75) is 71.0 Å². The molecule has 3 rings (SSSR count). The zero-order chi connectivity index (χ0) is 23.7. The lowest BCUT2D eigenvalue weighted by atomic mass is 9.84. The second kappa shape index (κ2) is 9.18. The molecule has 1 heterocycles. The molecule has 2 aromatic rings. The van der Waals surface area contributed by atoms with Crippen molar-refractivity contribution < 1.29 is 23.1 Å². The molecule has 0 bridgehead atoms. The Hall–Kier alpha value is -2.47. The minimum Gasteiger partial charge on any atom is -0.543 e.